The van der Waals surface area contributed by atoms with Crippen LogP contribution in [0.25, 0.3) is 0 Å². The summed E-state index contributed by atoms with van der Waals surface area (Å²) in [6.07, 6.45) is 3.97. The molecule has 0 saturated heterocycles. The maximum Gasteiger partial charge on any atom is 0.337 e. The van der Waals surface area contributed by atoms with E-state index in [9.17, 15) is 9.59 Å². The van der Waals surface area contributed by atoms with Crippen molar-refractivity contribution in [3.63, 3.8) is 0 Å². The Labute approximate surface area is 99.6 Å². The van der Waals surface area contributed by atoms with E-state index in [-0.39, 0.29) is 17.4 Å². The van der Waals surface area contributed by atoms with Gasteiger partial charge in [-0.25, -0.2) is 4.79 Å². The smallest absolute Gasteiger partial charge is 0.337 e. The third-order valence-corrected chi connectivity index (χ3v) is 3.14. The fourth-order valence-corrected chi connectivity index (χ4v) is 2.20. The Balaban J connectivity index is 2.12. The molecule has 2 N–H and O–H groups in total. The predicted molar refractivity (Wildman–Crippen MR) is 64.0 cm³/mol. The molecule has 0 bridgehead atoms. The first kappa shape index (κ1) is 11.6. The van der Waals surface area contributed by atoms with E-state index in [0.29, 0.717) is 5.69 Å². The molecule has 0 radical (unpaired) electrons. The zero-order chi connectivity index (χ0) is 12.3. The Morgan fingerprint density at radius 1 is 1.18 bits per heavy atom. The molecule has 0 spiro atoms. The highest BCUT2D eigenvalue weighted by Crippen LogP contribution is 2.26. The quantitative estimate of drug-likeness (QED) is 0.843. The van der Waals surface area contributed by atoms with Crippen molar-refractivity contribution in [1.29, 1.82) is 0 Å². The largest absolute Gasteiger partial charge is 0.478 e. The van der Waals surface area contributed by atoms with Crippen LogP contribution in [0.3, 0.4) is 0 Å². The van der Waals surface area contributed by atoms with Gasteiger partial charge in [0.05, 0.1) is 11.3 Å². The van der Waals surface area contributed by atoms with Gasteiger partial charge in [0.2, 0.25) is 5.91 Å². The van der Waals surface area contributed by atoms with Gasteiger partial charge in [0, 0.05) is 5.92 Å². The summed E-state index contributed by atoms with van der Waals surface area (Å²) in [6.45, 7) is 0. The van der Waals surface area contributed by atoms with E-state index in [2.05, 4.69) is 5.32 Å². The van der Waals surface area contributed by atoms with Crippen LogP contribution >= 0.6 is 0 Å². The molecule has 2 rings (SSSR count). The lowest BCUT2D eigenvalue weighted by atomic mass is 10.1. The minimum Gasteiger partial charge on any atom is -0.478 e. The molecule has 17 heavy (non-hydrogen) atoms. The second kappa shape index (κ2) is 4.99. The second-order valence-corrected chi connectivity index (χ2v) is 4.32. The standard InChI is InChI=1S/C13H15NO3/c15-12(9-5-1-2-6-9)14-11-8-4-3-7-10(11)13(16)17/h3-4,7-9H,1-2,5-6H2,(H,14,15)(H,16,17). The summed E-state index contributed by atoms with van der Waals surface area (Å²) in [6, 6.07) is 6.48. The van der Waals surface area contributed by atoms with Crippen LogP contribution in [-0.2, 0) is 4.79 Å². The number of anilines is 1. The van der Waals surface area contributed by atoms with Gasteiger partial charge in [-0.2, -0.15) is 0 Å². The average Bonchev–Trinajstić information content (AvgIpc) is 2.83. The molecule has 1 saturated carbocycles. The van der Waals surface area contributed by atoms with Gasteiger partial charge < -0.3 is 10.4 Å². The van der Waals surface area contributed by atoms with Crippen molar-refractivity contribution in [2.45, 2.75) is 25.7 Å². The first-order chi connectivity index (χ1) is 8.18. The normalized spacial score (nSPS) is 15.8. The zero-order valence-electron chi connectivity index (χ0n) is 9.48. The third-order valence-electron chi connectivity index (χ3n) is 3.14. The van der Waals surface area contributed by atoms with Crippen LogP contribution in [-0.4, -0.2) is 17.0 Å². The van der Waals surface area contributed by atoms with Gasteiger partial charge in [0.1, 0.15) is 0 Å². The molecule has 4 nitrogen and oxygen atoms in total. The van der Waals surface area contributed by atoms with Crippen molar-refractivity contribution in [2.75, 3.05) is 5.32 Å². The Bertz CT molecular complexity index is 436. The van der Waals surface area contributed by atoms with Crippen LogP contribution in [0.1, 0.15) is 36.0 Å². The van der Waals surface area contributed by atoms with Crippen LogP contribution in [0.4, 0.5) is 5.69 Å². The summed E-state index contributed by atoms with van der Waals surface area (Å²) in [7, 11) is 0. The molecule has 1 amide bonds. The average molecular weight is 233 g/mol. The van der Waals surface area contributed by atoms with Gasteiger partial charge in [0.15, 0.2) is 0 Å². The molecule has 1 aromatic carbocycles. The van der Waals surface area contributed by atoms with Crippen LogP contribution in [0.5, 0.6) is 0 Å². The highest BCUT2D eigenvalue weighted by molar-refractivity contribution is 6.01. The SMILES string of the molecule is O=C(O)c1ccccc1NC(=O)C1CCCC1. The summed E-state index contributed by atoms with van der Waals surface area (Å²) < 4.78 is 0. The molecule has 0 heterocycles. The molecule has 1 aromatic rings. The summed E-state index contributed by atoms with van der Waals surface area (Å²) >= 11 is 0. The van der Waals surface area contributed by atoms with Gasteiger partial charge in [-0.15, -0.1) is 0 Å². The number of aromatic carboxylic acids is 1. The third kappa shape index (κ3) is 2.64. The van der Waals surface area contributed by atoms with E-state index in [1.807, 2.05) is 0 Å². The lowest BCUT2D eigenvalue weighted by Gasteiger charge is -2.12. The number of hydrogen-bond donors (Lipinski definition) is 2. The number of para-hydroxylation sites is 1. The van der Waals surface area contributed by atoms with Gasteiger partial charge in [-0.3, -0.25) is 4.79 Å². The molecule has 0 aliphatic heterocycles. The second-order valence-electron chi connectivity index (χ2n) is 4.32. The Kier molecular flexibility index (Phi) is 3.42. The van der Waals surface area contributed by atoms with Crippen molar-refractivity contribution >= 4 is 17.6 Å². The van der Waals surface area contributed by atoms with Crippen molar-refractivity contribution in [1.82, 2.24) is 0 Å². The number of carboxylic acid groups (broad SMARTS) is 1. The van der Waals surface area contributed by atoms with Crippen LogP contribution in [0, 0.1) is 5.92 Å². The number of nitrogens with one attached hydrogen (secondary N) is 1. The van der Waals surface area contributed by atoms with Gasteiger partial charge >= 0.3 is 5.97 Å². The van der Waals surface area contributed by atoms with E-state index in [0.717, 1.165) is 25.7 Å². The molecule has 1 aliphatic carbocycles. The van der Waals surface area contributed by atoms with Gasteiger partial charge in [-0.05, 0) is 25.0 Å². The van der Waals surface area contributed by atoms with E-state index < -0.39 is 5.97 Å². The van der Waals surface area contributed by atoms with E-state index >= 15 is 0 Å². The summed E-state index contributed by atoms with van der Waals surface area (Å²) in [5.74, 6) is -1.04. The molecular weight excluding hydrogens is 218 g/mol. The highest BCUT2D eigenvalue weighted by atomic mass is 16.4. The fourth-order valence-electron chi connectivity index (χ4n) is 2.20. The van der Waals surface area contributed by atoms with E-state index in [4.69, 9.17) is 5.11 Å². The Morgan fingerprint density at radius 3 is 2.47 bits per heavy atom. The maximum atomic E-state index is 11.9. The number of amides is 1. The lowest BCUT2D eigenvalue weighted by molar-refractivity contribution is -0.119. The minimum atomic E-state index is -1.02. The molecular formula is C13H15NO3. The van der Waals surface area contributed by atoms with Crippen molar-refractivity contribution in [3.8, 4) is 0 Å². The van der Waals surface area contributed by atoms with Crippen LogP contribution < -0.4 is 5.32 Å². The zero-order valence-corrected chi connectivity index (χ0v) is 9.48. The van der Waals surface area contributed by atoms with Crippen molar-refractivity contribution in [2.24, 2.45) is 5.92 Å². The number of carbonyl (C=O) groups excluding carboxylic acids is 1. The summed E-state index contributed by atoms with van der Waals surface area (Å²) in [5.41, 5.74) is 0.524. The number of hydrogen-bond acceptors (Lipinski definition) is 2. The topological polar surface area (TPSA) is 66.4 Å². The number of carboxylic acids is 1. The van der Waals surface area contributed by atoms with Gasteiger partial charge in [-0.1, -0.05) is 25.0 Å². The monoisotopic (exact) mass is 233 g/mol. The molecule has 0 atom stereocenters. The number of carbonyl (C=O) groups is 2. The first-order valence-electron chi connectivity index (χ1n) is 5.81. The number of rotatable bonds is 3. The molecule has 4 heteroatoms. The summed E-state index contributed by atoms with van der Waals surface area (Å²) in [4.78, 5) is 22.9. The number of benzene rings is 1. The lowest BCUT2D eigenvalue weighted by Crippen LogP contribution is -2.21. The first-order valence-corrected chi connectivity index (χ1v) is 5.81. The van der Waals surface area contributed by atoms with Crippen LogP contribution in [0.15, 0.2) is 24.3 Å². The van der Waals surface area contributed by atoms with E-state index in [1.54, 1.807) is 18.2 Å². The van der Waals surface area contributed by atoms with Crippen molar-refractivity contribution < 1.29 is 14.7 Å². The fraction of sp³-hybridized carbons (Fsp3) is 0.385. The molecule has 1 aliphatic rings. The summed E-state index contributed by atoms with van der Waals surface area (Å²) in [5, 5.41) is 11.7. The van der Waals surface area contributed by atoms with E-state index in [1.165, 1.54) is 6.07 Å². The van der Waals surface area contributed by atoms with Crippen molar-refractivity contribution in [3.05, 3.63) is 29.8 Å². The molecule has 90 valence electrons. The molecule has 0 unspecified atom stereocenters. The molecule has 1 fully saturated rings. The Morgan fingerprint density at radius 2 is 1.82 bits per heavy atom. The predicted octanol–water partition coefficient (Wildman–Crippen LogP) is 2.51. The maximum absolute atomic E-state index is 11.9. The molecule has 0 aromatic heterocycles. The van der Waals surface area contributed by atoms with Gasteiger partial charge in [0.25, 0.3) is 0 Å². The minimum absolute atomic E-state index is 0.0388. The highest BCUT2D eigenvalue weighted by Gasteiger charge is 2.23. The van der Waals surface area contributed by atoms with Crippen LogP contribution in [0.2, 0.25) is 0 Å². The Hall–Kier alpha value is -1.84.